The van der Waals surface area contributed by atoms with Crippen molar-refractivity contribution in [2.45, 2.75) is 24.9 Å². The predicted octanol–water partition coefficient (Wildman–Crippen LogP) is 1.56. The number of carboxylic acid groups (broad SMARTS) is 2. The van der Waals surface area contributed by atoms with Crippen molar-refractivity contribution in [2.24, 2.45) is 11.5 Å². The van der Waals surface area contributed by atoms with Crippen LogP contribution in [0.3, 0.4) is 0 Å². The van der Waals surface area contributed by atoms with Crippen molar-refractivity contribution >= 4 is 11.9 Å². The van der Waals surface area contributed by atoms with Gasteiger partial charge in [0.05, 0.1) is 0 Å². The molecule has 2 atom stereocenters. The van der Waals surface area contributed by atoms with E-state index in [4.69, 9.17) is 21.7 Å². The molecule has 2 rings (SSSR count). The Morgan fingerprint density at radius 1 is 0.731 bits per heavy atom. The molecule has 2 aromatic rings. The summed E-state index contributed by atoms with van der Waals surface area (Å²) in [5.74, 6) is -2.78. The van der Waals surface area contributed by atoms with E-state index < -0.39 is 24.0 Å². The fraction of sp³-hybridized carbons (Fsp3) is 0.222. The number of benzene rings is 2. The van der Waals surface area contributed by atoms with Crippen LogP contribution in [0.5, 0.6) is 0 Å². The van der Waals surface area contributed by atoms with E-state index in [1.807, 2.05) is 0 Å². The Labute approximate surface area is 149 Å². The van der Waals surface area contributed by atoms with Crippen molar-refractivity contribution in [1.29, 1.82) is 0 Å². The molecule has 26 heavy (non-hydrogen) atoms. The first-order chi connectivity index (χ1) is 12.2. The minimum absolute atomic E-state index is 0.218. The van der Waals surface area contributed by atoms with Crippen LogP contribution in [0.4, 0.5) is 8.78 Å². The third-order valence-corrected chi connectivity index (χ3v) is 3.37. The van der Waals surface area contributed by atoms with Crippen LogP contribution in [0.2, 0.25) is 0 Å². The van der Waals surface area contributed by atoms with Gasteiger partial charge in [0.15, 0.2) is 0 Å². The van der Waals surface area contributed by atoms with Crippen LogP contribution in [0.1, 0.15) is 11.1 Å². The summed E-state index contributed by atoms with van der Waals surface area (Å²) >= 11 is 0. The highest BCUT2D eigenvalue weighted by molar-refractivity contribution is 5.73. The Bertz CT molecular complexity index is 657. The van der Waals surface area contributed by atoms with Gasteiger partial charge in [-0.05, 0) is 48.2 Å². The maximum Gasteiger partial charge on any atom is 0.320 e. The van der Waals surface area contributed by atoms with Crippen molar-refractivity contribution in [1.82, 2.24) is 0 Å². The van der Waals surface area contributed by atoms with Gasteiger partial charge < -0.3 is 21.7 Å². The van der Waals surface area contributed by atoms with Crippen molar-refractivity contribution in [2.75, 3.05) is 0 Å². The van der Waals surface area contributed by atoms with Gasteiger partial charge in [-0.2, -0.15) is 0 Å². The summed E-state index contributed by atoms with van der Waals surface area (Å²) in [6.45, 7) is 0. The first-order valence-electron chi connectivity index (χ1n) is 7.64. The van der Waals surface area contributed by atoms with Crippen molar-refractivity contribution in [3.05, 3.63) is 71.3 Å². The Kier molecular flexibility index (Phi) is 8.33. The number of hydrogen-bond acceptors (Lipinski definition) is 4. The number of halogens is 2. The van der Waals surface area contributed by atoms with Crippen LogP contribution in [-0.2, 0) is 22.4 Å². The molecule has 0 aromatic heterocycles. The highest BCUT2D eigenvalue weighted by Crippen LogP contribution is 2.05. The molecule has 140 valence electrons. The molecule has 0 fully saturated rings. The van der Waals surface area contributed by atoms with Gasteiger partial charge in [-0.3, -0.25) is 9.59 Å². The molecule has 6 nitrogen and oxygen atoms in total. The number of aliphatic carboxylic acids is 2. The van der Waals surface area contributed by atoms with Crippen LogP contribution in [-0.4, -0.2) is 34.2 Å². The molecule has 0 radical (unpaired) electrons. The lowest BCUT2D eigenvalue weighted by Crippen LogP contribution is -2.32. The molecule has 8 heteroatoms. The second-order valence-corrected chi connectivity index (χ2v) is 5.55. The Morgan fingerprint density at radius 2 is 1.00 bits per heavy atom. The minimum Gasteiger partial charge on any atom is -0.480 e. The number of rotatable bonds is 6. The minimum atomic E-state index is -1.05. The normalized spacial score (nSPS) is 12.5. The Morgan fingerprint density at radius 3 is 1.23 bits per heavy atom. The summed E-state index contributed by atoms with van der Waals surface area (Å²) in [6.07, 6.45) is 0.436. The molecule has 0 saturated heterocycles. The number of carboxylic acids is 2. The Hall–Kier alpha value is -2.84. The van der Waals surface area contributed by atoms with Gasteiger partial charge in [-0.15, -0.1) is 0 Å². The zero-order valence-electron chi connectivity index (χ0n) is 13.8. The van der Waals surface area contributed by atoms with E-state index in [1.54, 1.807) is 0 Å². The lowest BCUT2D eigenvalue weighted by molar-refractivity contribution is -0.139. The molecule has 2 aromatic carbocycles. The monoisotopic (exact) mass is 366 g/mol. The average Bonchev–Trinajstić information content (AvgIpc) is 2.59. The van der Waals surface area contributed by atoms with Crippen molar-refractivity contribution in [3.63, 3.8) is 0 Å². The van der Waals surface area contributed by atoms with Crippen LogP contribution < -0.4 is 11.5 Å². The molecule has 0 amide bonds. The fourth-order valence-corrected chi connectivity index (χ4v) is 1.92. The van der Waals surface area contributed by atoms with Crippen LogP contribution in [0.25, 0.3) is 0 Å². The molecule has 0 heterocycles. The van der Waals surface area contributed by atoms with Crippen LogP contribution >= 0.6 is 0 Å². The lowest BCUT2D eigenvalue weighted by Gasteiger charge is -2.05. The lowest BCUT2D eigenvalue weighted by atomic mass is 10.1. The SMILES string of the molecule is N[C@@H](Cc1ccc(F)cc1)C(=O)O.N[C@@H](Cc1ccc(F)cc1)C(=O)O. The highest BCUT2D eigenvalue weighted by atomic mass is 19.1. The molecule has 0 aliphatic heterocycles. The van der Waals surface area contributed by atoms with E-state index in [0.717, 1.165) is 11.1 Å². The molecule has 0 aliphatic rings. The fourth-order valence-electron chi connectivity index (χ4n) is 1.92. The summed E-state index contributed by atoms with van der Waals surface area (Å²) in [5.41, 5.74) is 12.0. The van der Waals surface area contributed by atoms with Crippen LogP contribution in [0.15, 0.2) is 48.5 Å². The summed E-state index contributed by atoms with van der Waals surface area (Å²) in [6, 6.07) is 9.38. The molecule has 0 aliphatic carbocycles. The average molecular weight is 366 g/mol. The van der Waals surface area contributed by atoms with Crippen molar-refractivity contribution in [3.8, 4) is 0 Å². The smallest absolute Gasteiger partial charge is 0.320 e. The largest absolute Gasteiger partial charge is 0.480 e. The molecular weight excluding hydrogens is 346 g/mol. The van der Waals surface area contributed by atoms with E-state index in [9.17, 15) is 18.4 Å². The van der Waals surface area contributed by atoms with Gasteiger partial charge >= 0.3 is 11.9 Å². The number of carbonyl (C=O) groups is 2. The highest BCUT2D eigenvalue weighted by Gasteiger charge is 2.12. The summed E-state index contributed by atoms with van der Waals surface area (Å²) in [7, 11) is 0. The quantitative estimate of drug-likeness (QED) is 0.614. The maximum absolute atomic E-state index is 12.4. The summed E-state index contributed by atoms with van der Waals surface area (Å²) < 4.78 is 24.9. The second-order valence-electron chi connectivity index (χ2n) is 5.55. The van der Waals surface area contributed by atoms with E-state index >= 15 is 0 Å². The first-order valence-corrected chi connectivity index (χ1v) is 7.64. The zero-order chi connectivity index (χ0) is 19.7. The topological polar surface area (TPSA) is 127 Å². The van der Waals surface area contributed by atoms with E-state index in [1.165, 1.54) is 48.5 Å². The number of hydrogen-bond donors (Lipinski definition) is 4. The first kappa shape index (κ1) is 21.2. The maximum atomic E-state index is 12.4. The standard InChI is InChI=1S/2C9H10FNO2/c2*10-7-3-1-6(2-4-7)5-8(11)9(12)13/h2*1-4,8H,5,11H2,(H,12,13)/t2*8-/m00/s1. The summed E-state index contributed by atoms with van der Waals surface area (Å²) in [4.78, 5) is 20.7. The molecule has 0 saturated carbocycles. The van der Waals surface area contributed by atoms with Gasteiger partial charge in [0, 0.05) is 0 Å². The van der Waals surface area contributed by atoms with Crippen LogP contribution in [0, 0.1) is 11.6 Å². The molecular formula is C18H20F2N2O4. The third-order valence-electron chi connectivity index (χ3n) is 3.37. The third kappa shape index (κ3) is 7.82. The second kappa shape index (κ2) is 10.2. The Balaban J connectivity index is 0.000000260. The molecule has 0 unspecified atom stereocenters. The van der Waals surface area contributed by atoms with Gasteiger partial charge in [-0.1, -0.05) is 24.3 Å². The predicted molar refractivity (Wildman–Crippen MR) is 91.4 cm³/mol. The zero-order valence-corrected chi connectivity index (χ0v) is 13.8. The molecule has 0 spiro atoms. The molecule has 6 N–H and O–H groups in total. The molecule has 0 bridgehead atoms. The van der Waals surface area contributed by atoms with Gasteiger partial charge in [-0.25, -0.2) is 8.78 Å². The van der Waals surface area contributed by atoms with Gasteiger partial charge in [0.25, 0.3) is 0 Å². The van der Waals surface area contributed by atoms with Gasteiger partial charge in [0.2, 0.25) is 0 Å². The summed E-state index contributed by atoms with van der Waals surface area (Å²) in [5, 5.41) is 17.0. The van der Waals surface area contributed by atoms with Gasteiger partial charge in [0.1, 0.15) is 23.7 Å². The van der Waals surface area contributed by atoms with E-state index in [-0.39, 0.29) is 24.5 Å². The number of nitrogens with two attached hydrogens (primary N) is 2. The van der Waals surface area contributed by atoms with Crippen molar-refractivity contribution < 1.29 is 28.6 Å². The van der Waals surface area contributed by atoms with E-state index in [0.29, 0.717) is 0 Å². The van der Waals surface area contributed by atoms with E-state index in [2.05, 4.69) is 0 Å².